The molecular weight excluding hydrogens is 422 g/mol. The fraction of sp³-hybridized carbons (Fsp3) is 0.138. The van der Waals surface area contributed by atoms with Crippen LogP contribution in [0.15, 0.2) is 78.9 Å². The molecule has 0 aliphatic carbocycles. The lowest BCUT2D eigenvalue weighted by Gasteiger charge is -2.13. The van der Waals surface area contributed by atoms with E-state index < -0.39 is 0 Å². The predicted octanol–water partition coefficient (Wildman–Crippen LogP) is 6.60. The summed E-state index contributed by atoms with van der Waals surface area (Å²) in [5, 5.41) is 9.10. The highest BCUT2D eigenvalue weighted by atomic mass is 16.5. The summed E-state index contributed by atoms with van der Waals surface area (Å²) in [5.41, 5.74) is 7.22. The van der Waals surface area contributed by atoms with E-state index >= 15 is 0 Å². The summed E-state index contributed by atoms with van der Waals surface area (Å²) in [5.74, 6) is -0.387. The molecule has 5 nitrogen and oxygen atoms in total. The van der Waals surface area contributed by atoms with Crippen LogP contribution < -0.4 is 0 Å². The van der Waals surface area contributed by atoms with Crippen LogP contribution in [0.5, 0.6) is 0 Å². The van der Waals surface area contributed by atoms with Gasteiger partial charge in [-0.2, -0.15) is 5.26 Å². The van der Waals surface area contributed by atoms with Gasteiger partial charge in [0.15, 0.2) is 5.69 Å². The first-order chi connectivity index (χ1) is 16.5. The van der Waals surface area contributed by atoms with Crippen LogP contribution >= 0.6 is 0 Å². The van der Waals surface area contributed by atoms with Crippen molar-refractivity contribution in [3.63, 3.8) is 0 Å². The van der Waals surface area contributed by atoms with Crippen LogP contribution in [0.4, 0.5) is 5.69 Å². The van der Waals surface area contributed by atoms with Crippen LogP contribution in [0.2, 0.25) is 0 Å². The number of nitriles is 1. The number of hydrogen-bond donors (Lipinski definition) is 0. The van der Waals surface area contributed by atoms with Gasteiger partial charge < -0.3 is 9.30 Å². The van der Waals surface area contributed by atoms with Crippen LogP contribution in [-0.4, -0.2) is 10.5 Å². The van der Waals surface area contributed by atoms with E-state index in [-0.39, 0.29) is 12.6 Å². The minimum Gasteiger partial charge on any atom is -0.456 e. The average Bonchev–Trinajstić information content (AvgIpc) is 3.12. The molecule has 5 heteroatoms. The van der Waals surface area contributed by atoms with Crippen LogP contribution in [0.3, 0.4) is 0 Å². The van der Waals surface area contributed by atoms with Crippen molar-refractivity contribution in [1.29, 1.82) is 5.26 Å². The van der Waals surface area contributed by atoms with Gasteiger partial charge in [0.05, 0.1) is 18.2 Å². The Balaban J connectivity index is 1.75. The van der Waals surface area contributed by atoms with E-state index in [1.54, 1.807) is 24.3 Å². The standard InChI is InChI=1S/C29H23N3O2/c1-20-27(25-13-15-26(31-3)16-14-25)21(2)32(18-23-11-9-22(17-30)10-12-23)28(20)29(33)34-19-24-7-5-4-6-8-24/h4-16H,18-19H2,1-2H3. The topological polar surface area (TPSA) is 59.4 Å². The van der Waals surface area contributed by atoms with Crippen molar-refractivity contribution in [2.24, 2.45) is 0 Å². The Kier molecular flexibility index (Phi) is 6.57. The summed E-state index contributed by atoms with van der Waals surface area (Å²) in [7, 11) is 0. The summed E-state index contributed by atoms with van der Waals surface area (Å²) in [6.45, 7) is 11.8. The number of benzene rings is 3. The quantitative estimate of drug-likeness (QED) is 0.248. The van der Waals surface area contributed by atoms with Gasteiger partial charge in [0, 0.05) is 17.8 Å². The third kappa shape index (κ3) is 4.60. The molecule has 0 aliphatic rings. The van der Waals surface area contributed by atoms with Crippen LogP contribution in [0, 0.1) is 31.8 Å². The first kappa shape index (κ1) is 22.6. The summed E-state index contributed by atoms with van der Waals surface area (Å²) in [6, 6.07) is 26.5. The Hall–Kier alpha value is -4.61. The second kappa shape index (κ2) is 9.90. The molecule has 0 fully saturated rings. The van der Waals surface area contributed by atoms with Crippen LogP contribution in [-0.2, 0) is 17.9 Å². The molecule has 3 aromatic carbocycles. The summed E-state index contributed by atoms with van der Waals surface area (Å²) in [4.78, 5) is 16.8. The van der Waals surface area contributed by atoms with Gasteiger partial charge >= 0.3 is 5.97 Å². The number of hydrogen-bond acceptors (Lipinski definition) is 3. The van der Waals surface area contributed by atoms with Gasteiger partial charge in [-0.05, 0) is 48.2 Å². The maximum absolute atomic E-state index is 13.3. The molecule has 4 aromatic rings. The fourth-order valence-corrected chi connectivity index (χ4v) is 4.14. The maximum Gasteiger partial charge on any atom is 0.355 e. The number of rotatable bonds is 6. The summed E-state index contributed by atoms with van der Waals surface area (Å²) in [6.07, 6.45) is 0. The molecule has 1 aromatic heterocycles. The zero-order valence-corrected chi connectivity index (χ0v) is 19.1. The Morgan fingerprint density at radius 3 is 2.26 bits per heavy atom. The lowest BCUT2D eigenvalue weighted by Crippen LogP contribution is -2.15. The molecule has 0 N–H and O–H groups in total. The number of aromatic nitrogens is 1. The van der Waals surface area contributed by atoms with Gasteiger partial charge in [-0.3, -0.25) is 0 Å². The highest BCUT2D eigenvalue weighted by Crippen LogP contribution is 2.34. The van der Waals surface area contributed by atoms with E-state index in [0.29, 0.717) is 23.5 Å². The molecule has 166 valence electrons. The number of carbonyl (C=O) groups excluding carboxylic acids is 1. The molecule has 0 atom stereocenters. The SMILES string of the molecule is [C-]#[N+]c1ccc(-c2c(C)c(C(=O)OCc3ccccc3)n(Cc3ccc(C#N)cc3)c2C)cc1. The van der Waals surface area contributed by atoms with Crippen LogP contribution in [0.1, 0.15) is 38.4 Å². The first-order valence-corrected chi connectivity index (χ1v) is 10.9. The minimum absolute atomic E-state index is 0.190. The van der Waals surface area contributed by atoms with Gasteiger partial charge in [0.25, 0.3) is 0 Å². The monoisotopic (exact) mass is 445 g/mol. The Morgan fingerprint density at radius 2 is 1.65 bits per heavy atom. The maximum atomic E-state index is 13.3. The van der Waals surface area contributed by atoms with Crippen molar-refractivity contribution >= 4 is 11.7 Å². The average molecular weight is 446 g/mol. The number of nitrogens with zero attached hydrogens (tertiary/aromatic N) is 3. The zero-order chi connectivity index (χ0) is 24.1. The third-order valence-electron chi connectivity index (χ3n) is 5.88. The van der Waals surface area contributed by atoms with E-state index in [1.165, 1.54) is 0 Å². The van der Waals surface area contributed by atoms with E-state index in [0.717, 1.165) is 33.5 Å². The largest absolute Gasteiger partial charge is 0.456 e. The van der Waals surface area contributed by atoms with E-state index in [2.05, 4.69) is 10.9 Å². The zero-order valence-electron chi connectivity index (χ0n) is 19.1. The molecule has 0 saturated carbocycles. The molecular formula is C29H23N3O2. The molecule has 34 heavy (non-hydrogen) atoms. The third-order valence-corrected chi connectivity index (χ3v) is 5.88. The second-order valence-electron chi connectivity index (χ2n) is 8.05. The van der Waals surface area contributed by atoms with Crippen molar-refractivity contribution in [2.75, 3.05) is 0 Å². The second-order valence-corrected chi connectivity index (χ2v) is 8.05. The van der Waals surface area contributed by atoms with Crippen molar-refractivity contribution in [3.8, 4) is 17.2 Å². The fourth-order valence-electron chi connectivity index (χ4n) is 4.14. The number of esters is 1. The van der Waals surface area contributed by atoms with Crippen molar-refractivity contribution in [2.45, 2.75) is 27.0 Å². The molecule has 1 heterocycles. The van der Waals surface area contributed by atoms with Gasteiger partial charge in [0.2, 0.25) is 0 Å². The van der Waals surface area contributed by atoms with Crippen molar-refractivity contribution < 1.29 is 9.53 Å². The number of ether oxygens (including phenoxy) is 1. The normalized spacial score (nSPS) is 10.4. The molecule has 0 radical (unpaired) electrons. The molecule has 0 unspecified atom stereocenters. The smallest absolute Gasteiger partial charge is 0.355 e. The van der Waals surface area contributed by atoms with Gasteiger partial charge in [-0.1, -0.05) is 66.7 Å². The Labute approximate surface area is 199 Å². The highest BCUT2D eigenvalue weighted by molar-refractivity contribution is 5.93. The molecule has 4 rings (SSSR count). The first-order valence-electron chi connectivity index (χ1n) is 10.9. The summed E-state index contributed by atoms with van der Waals surface area (Å²) < 4.78 is 7.68. The molecule has 0 aliphatic heterocycles. The van der Waals surface area contributed by atoms with Crippen molar-refractivity contribution in [1.82, 2.24) is 4.57 Å². The molecule has 0 amide bonds. The Morgan fingerprint density at radius 1 is 0.971 bits per heavy atom. The van der Waals surface area contributed by atoms with E-state index in [4.69, 9.17) is 16.6 Å². The molecule has 0 spiro atoms. The lowest BCUT2D eigenvalue weighted by atomic mass is 10.0. The highest BCUT2D eigenvalue weighted by Gasteiger charge is 2.25. The molecule has 0 saturated heterocycles. The summed E-state index contributed by atoms with van der Waals surface area (Å²) >= 11 is 0. The van der Waals surface area contributed by atoms with Gasteiger partial charge in [-0.25, -0.2) is 9.64 Å². The lowest BCUT2D eigenvalue weighted by molar-refractivity contribution is 0.0459. The van der Waals surface area contributed by atoms with Gasteiger partial charge in [0.1, 0.15) is 12.3 Å². The van der Waals surface area contributed by atoms with Crippen molar-refractivity contribution in [3.05, 3.63) is 124 Å². The predicted molar refractivity (Wildman–Crippen MR) is 131 cm³/mol. The Bertz CT molecular complexity index is 1400. The minimum atomic E-state index is -0.387. The van der Waals surface area contributed by atoms with E-state index in [9.17, 15) is 4.79 Å². The van der Waals surface area contributed by atoms with Crippen LogP contribution in [0.25, 0.3) is 16.0 Å². The number of carbonyl (C=O) groups is 1. The molecule has 0 bridgehead atoms. The van der Waals surface area contributed by atoms with E-state index in [1.807, 2.05) is 73.0 Å². The van der Waals surface area contributed by atoms with Gasteiger partial charge in [-0.15, -0.1) is 0 Å².